The number of nitrogens with zero attached hydrogens (tertiary/aromatic N) is 4. The van der Waals surface area contributed by atoms with Crippen LogP contribution >= 0.6 is 11.8 Å². The van der Waals surface area contributed by atoms with Gasteiger partial charge in [0, 0.05) is 17.9 Å². The summed E-state index contributed by atoms with van der Waals surface area (Å²) >= 11 is 1.34. The molecule has 14 nitrogen and oxygen atoms in total. The predicted octanol–water partition coefficient (Wildman–Crippen LogP) is 0.936. The number of nitro benzene ring substituents is 1. The number of esters is 1. The number of benzene rings is 1. The molecule has 15 heteroatoms. The predicted molar refractivity (Wildman–Crippen MR) is 133 cm³/mol. The van der Waals surface area contributed by atoms with Gasteiger partial charge >= 0.3 is 5.97 Å². The molecular formula is C23H20N6O8S. The molecule has 2 atom stereocenters. The topological polar surface area (TPSA) is 182 Å². The number of amides is 3. The second-order valence-electron chi connectivity index (χ2n) is 7.77. The number of anilines is 1. The molecule has 2 aliphatic rings. The quantitative estimate of drug-likeness (QED) is 0.110. The van der Waals surface area contributed by atoms with Gasteiger partial charge < -0.3 is 20.2 Å². The van der Waals surface area contributed by atoms with Gasteiger partial charge in [0.25, 0.3) is 17.5 Å². The Morgan fingerprint density at radius 2 is 2.05 bits per heavy atom. The van der Waals surface area contributed by atoms with E-state index in [-0.39, 0.29) is 35.2 Å². The van der Waals surface area contributed by atoms with Crippen LogP contribution < -0.4 is 10.6 Å². The number of non-ortho nitro benzene ring substituents is 1. The molecule has 0 spiro atoms. The molecule has 1 unspecified atom stereocenters. The average Bonchev–Trinajstić information content (AvgIpc) is 2.93. The summed E-state index contributed by atoms with van der Waals surface area (Å²) in [7, 11) is 1.24. The van der Waals surface area contributed by atoms with Gasteiger partial charge in [-0.05, 0) is 35.9 Å². The van der Waals surface area contributed by atoms with E-state index < -0.39 is 34.1 Å². The van der Waals surface area contributed by atoms with Gasteiger partial charge in [-0.25, -0.2) is 9.78 Å². The van der Waals surface area contributed by atoms with Crippen molar-refractivity contribution >= 4 is 53.2 Å². The Morgan fingerprint density at radius 3 is 2.74 bits per heavy atom. The van der Waals surface area contributed by atoms with Gasteiger partial charge in [0.1, 0.15) is 42.3 Å². The van der Waals surface area contributed by atoms with E-state index in [0.29, 0.717) is 17.7 Å². The third-order valence-electron chi connectivity index (χ3n) is 5.46. The zero-order chi connectivity index (χ0) is 27.2. The molecule has 2 aliphatic heterocycles. The number of β-lactam (4-membered cyclic amide) rings is 1. The maximum Gasteiger partial charge on any atom is 0.355 e. The Balaban J connectivity index is 1.40. The van der Waals surface area contributed by atoms with Gasteiger partial charge in [-0.2, -0.15) is 0 Å². The first kappa shape index (κ1) is 26.3. The summed E-state index contributed by atoms with van der Waals surface area (Å²) in [6.45, 7) is -0.143. The lowest BCUT2D eigenvalue weighted by molar-refractivity contribution is -0.384. The van der Waals surface area contributed by atoms with Crippen molar-refractivity contribution in [1.29, 1.82) is 0 Å². The first-order valence-corrected chi connectivity index (χ1v) is 12.0. The fraction of sp³-hybridized carbons (Fsp3) is 0.217. The van der Waals surface area contributed by atoms with E-state index in [9.17, 15) is 29.3 Å². The highest BCUT2D eigenvalue weighted by molar-refractivity contribution is 8.00. The summed E-state index contributed by atoms with van der Waals surface area (Å²) in [6.07, 6.45) is 1.99. The number of hydrogen-bond acceptors (Lipinski definition) is 11. The normalized spacial score (nSPS) is 18.3. The first-order chi connectivity index (χ1) is 18.3. The van der Waals surface area contributed by atoms with E-state index in [4.69, 9.17) is 9.57 Å². The van der Waals surface area contributed by atoms with Crippen LogP contribution in [0.3, 0.4) is 0 Å². The molecule has 38 heavy (non-hydrogen) atoms. The van der Waals surface area contributed by atoms with Crippen LogP contribution in [0.2, 0.25) is 0 Å². The first-order valence-electron chi connectivity index (χ1n) is 11.0. The van der Waals surface area contributed by atoms with Gasteiger partial charge in [0.15, 0.2) is 5.71 Å². The molecule has 2 N–H and O–H groups in total. The minimum absolute atomic E-state index is 0.0475. The third kappa shape index (κ3) is 5.46. The van der Waals surface area contributed by atoms with Gasteiger partial charge in [-0.1, -0.05) is 11.2 Å². The number of carbonyl (C=O) groups excluding carboxylic acids is 4. The van der Waals surface area contributed by atoms with E-state index in [1.165, 1.54) is 60.2 Å². The molecule has 3 heterocycles. The molecule has 3 amide bonds. The maximum absolute atomic E-state index is 13.0. The molecule has 1 saturated heterocycles. The fourth-order valence-corrected chi connectivity index (χ4v) is 4.87. The van der Waals surface area contributed by atoms with Crippen LogP contribution in [0.5, 0.6) is 0 Å². The molecule has 1 aromatic carbocycles. The summed E-state index contributed by atoms with van der Waals surface area (Å²) in [6, 6.07) is 9.15. The highest BCUT2D eigenvalue weighted by atomic mass is 32.2. The van der Waals surface area contributed by atoms with Gasteiger partial charge in [-0.3, -0.25) is 29.4 Å². The zero-order valence-electron chi connectivity index (χ0n) is 19.7. The van der Waals surface area contributed by atoms with Crippen LogP contribution in [-0.4, -0.2) is 69.0 Å². The fourth-order valence-electron chi connectivity index (χ4n) is 3.68. The van der Waals surface area contributed by atoms with Crippen molar-refractivity contribution in [2.45, 2.75) is 18.0 Å². The van der Waals surface area contributed by atoms with Crippen LogP contribution in [0.15, 0.2) is 59.4 Å². The van der Waals surface area contributed by atoms with Crippen LogP contribution in [0.25, 0.3) is 0 Å². The van der Waals surface area contributed by atoms with E-state index in [1.807, 2.05) is 0 Å². The van der Waals surface area contributed by atoms with Crippen LogP contribution in [-0.2, 0) is 35.4 Å². The Labute approximate surface area is 219 Å². The molecule has 0 radical (unpaired) electrons. The average molecular weight is 541 g/mol. The molecule has 196 valence electrons. The highest BCUT2D eigenvalue weighted by Crippen LogP contribution is 2.38. The number of fused-ring (bicyclic) bond motifs is 1. The molecule has 0 aliphatic carbocycles. The number of oxime groups is 1. The number of thioether (sulfide) groups is 1. The van der Waals surface area contributed by atoms with E-state index in [2.05, 4.69) is 20.8 Å². The van der Waals surface area contributed by atoms with Crippen molar-refractivity contribution in [3.05, 3.63) is 75.6 Å². The molecule has 2 aromatic rings. The molecule has 0 saturated carbocycles. The number of carbonyl (C=O) groups is 4. The third-order valence-corrected chi connectivity index (χ3v) is 6.64. The number of nitrogens with one attached hydrogen (secondary N) is 2. The van der Waals surface area contributed by atoms with Gasteiger partial charge in [0.2, 0.25) is 6.41 Å². The van der Waals surface area contributed by atoms with Crippen LogP contribution in [0, 0.1) is 10.1 Å². The van der Waals surface area contributed by atoms with Crippen LogP contribution in [0.1, 0.15) is 11.3 Å². The second-order valence-corrected chi connectivity index (χ2v) is 8.91. The van der Waals surface area contributed by atoms with Gasteiger partial charge in [0.05, 0.1) is 4.92 Å². The van der Waals surface area contributed by atoms with E-state index in [0.717, 1.165) is 0 Å². The number of pyridine rings is 1. The number of rotatable bonds is 10. The second kappa shape index (κ2) is 11.5. The Bertz CT molecular complexity index is 1350. The smallest absolute Gasteiger partial charge is 0.355 e. The van der Waals surface area contributed by atoms with E-state index >= 15 is 0 Å². The lowest BCUT2D eigenvalue weighted by Gasteiger charge is -2.48. The Hall–Kier alpha value is -4.79. The van der Waals surface area contributed by atoms with Crippen molar-refractivity contribution < 1.29 is 33.7 Å². The van der Waals surface area contributed by atoms with Crippen molar-refractivity contribution in [3.8, 4) is 0 Å². The summed E-state index contributed by atoms with van der Waals surface area (Å²) < 4.78 is 5.30. The summed E-state index contributed by atoms with van der Waals surface area (Å²) in [5, 5.41) is 18.9. The monoisotopic (exact) mass is 540 g/mol. The minimum Gasteiger partial charge on any atom is -0.456 e. The number of nitro groups is 1. The summed E-state index contributed by atoms with van der Waals surface area (Å²) in [5.74, 6) is -1.42. The Kier molecular flexibility index (Phi) is 7.96. The lowest BCUT2D eigenvalue weighted by atomic mass is 10.0. The summed E-state index contributed by atoms with van der Waals surface area (Å²) in [5.41, 5.74) is 0.386. The molecule has 4 rings (SSSR count). The van der Waals surface area contributed by atoms with Crippen molar-refractivity contribution in [2.75, 3.05) is 18.2 Å². The van der Waals surface area contributed by atoms with Crippen molar-refractivity contribution in [2.24, 2.45) is 5.16 Å². The minimum atomic E-state index is -0.947. The largest absolute Gasteiger partial charge is 0.456 e. The SMILES string of the molecule is CON=C(C(=O)NC1C(=O)N2C(C(=O)OCc3ccc([N+](=O)[O-])cc3)=CCS[C@@H]12)c1cccc(NC=O)n1. The highest BCUT2D eigenvalue weighted by Gasteiger charge is 2.53. The molecule has 1 aromatic heterocycles. The molecule has 0 bridgehead atoms. The van der Waals surface area contributed by atoms with Crippen molar-refractivity contribution in [3.63, 3.8) is 0 Å². The Morgan fingerprint density at radius 1 is 1.29 bits per heavy atom. The number of hydrogen-bond donors (Lipinski definition) is 2. The van der Waals surface area contributed by atoms with E-state index in [1.54, 1.807) is 12.1 Å². The number of ether oxygens (including phenoxy) is 1. The van der Waals surface area contributed by atoms with Gasteiger partial charge in [-0.15, -0.1) is 11.8 Å². The number of aromatic nitrogens is 1. The van der Waals surface area contributed by atoms with Crippen molar-refractivity contribution in [1.82, 2.24) is 15.2 Å². The molecule has 1 fully saturated rings. The maximum atomic E-state index is 13.0. The molecular weight excluding hydrogens is 520 g/mol. The lowest BCUT2D eigenvalue weighted by Crippen LogP contribution is -2.70. The standard InChI is InChI=1S/C23H20N6O8S/c1-36-27-18(15-3-2-4-17(25-15)24-12-30)20(31)26-19-21(32)28-16(9-10-38-22(19)28)23(33)37-11-13-5-7-14(8-6-13)29(34)35/h2-9,12,19,22H,10-11H2,1H3,(H,26,31)(H,24,25,30)/t19?,22-/m0/s1. The zero-order valence-corrected chi connectivity index (χ0v) is 20.5. The summed E-state index contributed by atoms with van der Waals surface area (Å²) in [4.78, 5) is 69.7. The van der Waals surface area contributed by atoms with Crippen LogP contribution in [0.4, 0.5) is 11.5 Å².